The maximum absolute atomic E-state index is 13.2. The highest BCUT2D eigenvalue weighted by molar-refractivity contribution is 5.92. The Balaban J connectivity index is 1.70. The first kappa shape index (κ1) is 25.7. The van der Waals surface area contributed by atoms with E-state index in [9.17, 15) is 14.4 Å². The summed E-state index contributed by atoms with van der Waals surface area (Å²) in [5.74, 6) is -0.0655. The van der Waals surface area contributed by atoms with Gasteiger partial charge in [0.15, 0.2) is 0 Å². The second kappa shape index (κ2) is 11.0. The SMILES string of the molecule is CC1CCCCN1C(=O)CC(NC(=O)CCC(C)(C)C)C(=O)N[C@H](C)c1nc2ccccc2[nH]1. The number of piperidine rings is 1. The molecule has 3 rings (SSSR count). The molecule has 2 heterocycles. The van der Waals surface area contributed by atoms with E-state index >= 15 is 0 Å². The van der Waals surface area contributed by atoms with Gasteiger partial charge in [-0.25, -0.2) is 4.98 Å². The molecule has 3 atom stereocenters. The van der Waals surface area contributed by atoms with Crippen LogP contribution in [0.3, 0.4) is 0 Å². The Morgan fingerprint density at radius 2 is 1.91 bits per heavy atom. The van der Waals surface area contributed by atoms with Gasteiger partial charge in [-0.2, -0.15) is 0 Å². The number of fused-ring (bicyclic) bond motifs is 1. The van der Waals surface area contributed by atoms with Crippen LogP contribution in [0.15, 0.2) is 24.3 Å². The van der Waals surface area contributed by atoms with Crippen LogP contribution in [0.4, 0.5) is 0 Å². The molecule has 0 aliphatic carbocycles. The first-order valence-electron chi connectivity index (χ1n) is 12.4. The smallest absolute Gasteiger partial charge is 0.243 e. The van der Waals surface area contributed by atoms with Gasteiger partial charge < -0.3 is 20.5 Å². The second-order valence-corrected chi connectivity index (χ2v) is 10.7. The van der Waals surface area contributed by atoms with Gasteiger partial charge in [-0.1, -0.05) is 32.9 Å². The highest BCUT2D eigenvalue weighted by Crippen LogP contribution is 2.21. The predicted molar refractivity (Wildman–Crippen MR) is 133 cm³/mol. The van der Waals surface area contributed by atoms with Gasteiger partial charge in [-0.15, -0.1) is 0 Å². The molecule has 3 N–H and O–H groups in total. The molecular weight excluding hydrogens is 430 g/mol. The van der Waals surface area contributed by atoms with Gasteiger partial charge in [0.2, 0.25) is 17.7 Å². The molecule has 8 nitrogen and oxygen atoms in total. The molecule has 186 valence electrons. The van der Waals surface area contributed by atoms with Crippen molar-refractivity contribution in [3.8, 4) is 0 Å². The number of carbonyl (C=O) groups is 3. The van der Waals surface area contributed by atoms with E-state index in [0.29, 0.717) is 25.2 Å². The quantitative estimate of drug-likeness (QED) is 0.546. The number of aromatic nitrogens is 2. The normalized spacial score (nSPS) is 18.4. The number of rotatable bonds is 8. The van der Waals surface area contributed by atoms with E-state index in [1.54, 1.807) is 0 Å². The zero-order chi connectivity index (χ0) is 24.9. The summed E-state index contributed by atoms with van der Waals surface area (Å²) in [6.45, 7) is 10.8. The third kappa shape index (κ3) is 7.05. The molecule has 0 spiro atoms. The Bertz CT molecular complexity index is 976. The van der Waals surface area contributed by atoms with Crippen LogP contribution in [0, 0.1) is 5.41 Å². The number of hydrogen-bond acceptors (Lipinski definition) is 4. The molecule has 0 bridgehead atoms. The molecular formula is C26H39N5O3. The monoisotopic (exact) mass is 469 g/mol. The molecule has 1 fully saturated rings. The second-order valence-electron chi connectivity index (χ2n) is 10.7. The average Bonchev–Trinajstić information content (AvgIpc) is 3.21. The summed E-state index contributed by atoms with van der Waals surface area (Å²) in [5.41, 5.74) is 1.71. The van der Waals surface area contributed by atoms with Gasteiger partial charge >= 0.3 is 0 Å². The molecule has 1 aromatic heterocycles. The fourth-order valence-electron chi connectivity index (χ4n) is 4.28. The number of aromatic amines is 1. The summed E-state index contributed by atoms with van der Waals surface area (Å²) in [6.07, 6.45) is 3.98. The Morgan fingerprint density at radius 1 is 1.18 bits per heavy atom. The zero-order valence-corrected chi connectivity index (χ0v) is 21.1. The number of hydrogen-bond donors (Lipinski definition) is 3. The Labute approximate surface area is 202 Å². The molecule has 3 amide bonds. The van der Waals surface area contributed by atoms with Crippen molar-refractivity contribution in [3.63, 3.8) is 0 Å². The van der Waals surface area contributed by atoms with E-state index in [1.165, 1.54) is 0 Å². The number of nitrogens with one attached hydrogen (secondary N) is 3. The fourth-order valence-corrected chi connectivity index (χ4v) is 4.28. The summed E-state index contributed by atoms with van der Waals surface area (Å²) >= 11 is 0. The van der Waals surface area contributed by atoms with Crippen molar-refractivity contribution in [1.29, 1.82) is 0 Å². The molecule has 1 aliphatic rings. The minimum Gasteiger partial charge on any atom is -0.345 e. The number of carbonyl (C=O) groups excluding carboxylic acids is 3. The molecule has 2 unspecified atom stereocenters. The fraction of sp³-hybridized carbons (Fsp3) is 0.615. The number of imidazole rings is 1. The summed E-state index contributed by atoms with van der Waals surface area (Å²) in [6, 6.07) is 6.48. The van der Waals surface area contributed by atoms with Crippen LogP contribution in [0.2, 0.25) is 0 Å². The minimum absolute atomic E-state index is 0.00392. The summed E-state index contributed by atoms with van der Waals surface area (Å²) in [7, 11) is 0. The topological polar surface area (TPSA) is 107 Å². The molecule has 8 heteroatoms. The highest BCUT2D eigenvalue weighted by Gasteiger charge is 2.30. The lowest BCUT2D eigenvalue weighted by Gasteiger charge is -2.34. The lowest BCUT2D eigenvalue weighted by molar-refractivity contribution is -0.138. The third-order valence-corrected chi connectivity index (χ3v) is 6.43. The number of para-hydroxylation sites is 2. The van der Waals surface area contributed by atoms with E-state index < -0.39 is 12.1 Å². The van der Waals surface area contributed by atoms with E-state index in [2.05, 4.69) is 41.4 Å². The van der Waals surface area contributed by atoms with Crippen LogP contribution in [-0.2, 0) is 14.4 Å². The molecule has 1 aliphatic heterocycles. The van der Waals surface area contributed by atoms with Crippen LogP contribution in [-0.4, -0.2) is 51.2 Å². The van der Waals surface area contributed by atoms with Gasteiger partial charge in [0, 0.05) is 19.0 Å². The predicted octanol–water partition coefficient (Wildman–Crippen LogP) is 3.84. The van der Waals surface area contributed by atoms with E-state index in [-0.39, 0.29) is 35.6 Å². The molecule has 1 saturated heterocycles. The molecule has 34 heavy (non-hydrogen) atoms. The van der Waals surface area contributed by atoms with Crippen LogP contribution in [0.5, 0.6) is 0 Å². The lowest BCUT2D eigenvalue weighted by atomic mass is 9.90. The standard InChI is InChI=1S/C26H39N5O3/c1-17-10-8-9-15-31(17)23(33)16-21(28-22(32)13-14-26(3,4)5)25(34)27-18(2)24-29-19-11-6-7-12-20(19)30-24/h6-7,11-12,17-18,21H,8-10,13-16H2,1-5H3,(H,27,34)(H,28,32)(H,29,30)/t17?,18-,21?/m1/s1. The van der Waals surface area contributed by atoms with E-state index in [0.717, 1.165) is 30.3 Å². The number of H-pyrrole nitrogens is 1. The third-order valence-electron chi connectivity index (χ3n) is 6.43. The van der Waals surface area contributed by atoms with Crippen molar-refractivity contribution >= 4 is 28.8 Å². The van der Waals surface area contributed by atoms with E-state index in [4.69, 9.17) is 0 Å². The summed E-state index contributed by atoms with van der Waals surface area (Å²) in [4.78, 5) is 48.6. The zero-order valence-electron chi connectivity index (χ0n) is 21.1. The van der Waals surface area contributed by atoms with Crippen molar-refractivity contribution < 1.29 is 14.4 Å². The van der Waals surface area contributed by atoms with Gasteiger partial charge in [0.25, 0.3) is 0 Å². The number of likely N-dealkylation sites (tertiary alicyclic amines) is 1. The van der Waals surface area contributed by atoms with Gasteiger partial charge in [-0.3, -0.25) is 14.4 Å². The van der Waals surface area contributed by atoms with Crippen LogP contribution < -0.4 is 10.6 Å². The Kier molecular flexibility index (Phi) is 8.33. The number of benzene rings is 1. The van der Waals surface area contributed by atoms with Crippen molar-refractivity contribution in [2.75, 3.05) is 6.54 Å². The summed E-state index contributed by atoms with van der Waals surface area (Å²) in [5, 5.41) is 5.76. The highest BCUT2D eigenvalue weighted by atomic mass is 16.2. The van der Waals surface area contributed by atoms with Crippen molar-refractivity contribution in [3.05, 3.63) is 30.1 Å². The van der Waals surface area contributed by atoms with Gasteiger partial charge in [-0.05, 0) is 57.1 Å². The van der Waals surface area contributed by atoms with Crippen molar-refractivity contribution in [2.45, 2.75) is 91.3 Å². The van der Waals surface area contributed by atoms with Gasteiger partial charge in [0.05, 0.1) is 23.5 Å². The largest absolute Gasteiger partial charge is 0.345 e. The van der Waals surface area contributed by atoms with Crippen LogP contribution >= 0.6 is 0 Å². The molecule has 0 saturated carbocycles. The number of nitrogens with zero attached hydrogens (tertiary/aromatic N) is 2. The lowest BCUT2D eigenvalue weighted by Crippen LogP contribution is -2.51. The maximum Gasteiger partial charge on any atom is 0.243 e. The van der Waals surface area contributed by atoms with Crippen LogP contribution in [0.1, 0.15) is 85.0 Å². The maximum atomic E-state index is 13.2. The minimum atomic E-state index is -0.930. The number of amides is 3. The Hall–Kier alpha value is -2.90. The van der Waals surface area contributed by atoms with E-state index in [1.807, 2.05) is 43.0 Å². The van der Waals surface area contributed by atoms with Crippen molar-refractivity contribution in [2.24, 2.45) is 5.41 Å². The molecule has 2 aromatic rings. The first-order chi connectivity index (χ1) is 16.0. The van der Waals surface area contributed by atoms with Crippen molar-refractivity contribution in [1.82, 2.24) is 25.5 Å². The Morgan fingerprint density at radius 3 is 2.59 bits per heavy atom. The molecule has 0 radical (unpaired) electrons. The first-order valence-corrected chi connectivity index (χ1v) is 12.4. The van der Waals surface area contributed by atoms with Crippen LogP contribution in [0.25, 0.3) is 11.0 Å². The summed E-state index contributed by atoms with van der Waals surface area (Å²) < 4.78 is 0. The average molecular weight is 470 g/mol. The molecule has 1 aromatic carbocycles. The van der Waals surface area contributed by atoms with Gasteiger partial charge in [0.1, 0.15) is 11.9 Å².